The fourth-order valence-corrected chi connectivity index (χ4v) is 0.851. The smallest absolute Gasteiger partial charge is 0.0701 e. The molecule has 0 saturated carbocycles. The normalized spacial score (nSPS) is 10.6. The van der Waals surface area contributed by atoms with Crippen LogP contribution in [0.15, 0.2) is 0 Å². The molecule has 0 saturated heterocycles. The molecule has 0 radical (unpaired) electrons. The van der Waals surface area contributed by atoms with E-state index < -0.39 is 0 Å². The lowest BCUT2D eigenvalue weighted by molar-refractivity contribution is 0.0519. The van der Waals surface area contributed by atoms with Crippen LogP contribution in [0, 0.1) is 0 Å². The molecule has 0 aromatic heterocycles. The fourth-order valence-electron chi connectivity index (χ4n) is 0.851. The highest BCUT2D eigenvalue weighted by Gasteiger charge is 1.88. The van der Waals surface area contributed by atoms with Gasteiger partial charge in [0.1, 0.15) is 0 Å². The summed E-state index contributed by atoms with van der Waals surface area (Å²) in [6, 6.07) is 0. The standard InChI is InChI=1S/C9H22N2O2/c1-2-4-11-5-7-13-9-8-12-6-3-10/h11H,2-10H2,1H3. The van der Waals surface area contributed by atoms with E-state index >= 15 is 0 Å². The van der Waals surface area contributed by atoms with Gasteiger partial charge in [0.25, 0.3) is 0 Å². The molecule has 0 heterocycles. The van der Waals surface area contributed by atoms with Gasteiger partial charge < -0.3 is 20.5 Å². The van der Waals surface area contributed by atoms with Crippen molar-refractivity contribution in [2.45, 2.75) is 13.3 Å². The third kappa shape index (κ3) is 11.8. The summed E-state index contributed by atoms with van der Waals surface area (Å²) in [5, 5.41) is 3.25. The number of nitrogens with one attached hydrogen (secondary N) is 1. The minimum atomic E-state index is 0.581. The van der Waals surface area contributed by atoms with E-state index in [4.69, 9.17) is 15.2 Å². The van der Waals surface area contributed by atoms with Gasteiger partial charge in [0.15, 0.2) is 0 Å². The maximum atomic E-state index is 5.30. The Balaban J connectivity index is 2.76. The molecular weight excluding hydrogens is 168 g/mol. The van der Waals surface area contributed by atoms with E-state index in [1.807, 2.05) is 0 Å². The van der Waals surface area contributed by atoms with Crippen molar-refractivity contribution in [1.82, 2.24) is 5.32 Å². The predicted octanol–water partition coefficient (Wildman–Crippen LogP) is -0.0221. The molecule has 4 nitrogen and oxygen atoms in total. The van der Waals surface area contributed by atoms with E-state index in [1.54, 1.807) is 0 Å². The Morgan fingerprint density at radius 3 is 2.31 bits per heavy atom. The molecule has 0 aromatic rings. The first-order valence-electron chi connectivity index (χ1n) is 4.98. The first-order valence-corrected chi connectivity index (χ1v) is 4.98. The SMILES string of the molecule is CCCNCCOCCOCCN. The summed E-state index contributed by atoms with van der Waals surface area (Å²) in [5.41, 5.74) is 5.25. The van der Waals surface area contributed by atoms with E-state index in [1.165, 1.54) is 6.42 Å². The van der Waals surface area contributed by atoms with Crippen molar-refractivity contribution in [3.8, 4) is 0 Å². The van der Waals surface area contributed by atoms with Gasteiger partial charge >= 0.3 is 0 Å². The van der Waals surface area contributed by atoms with E-state index in [-0.39, 0.29) is 0 Å². The zero-order valence-corrected chi connectivity index (χ0v) is 8.55. The Hall–Kier alpha value is -0.160. The van der Waals surface area contributed by atoms with Crippen LogP contribution in [0.2, 0.25) is 0 Å². The summed E-state index contributed by atoms with van der Waals surface area (Å²) < 4.78 is 10.4. The molecule has 80 valence electrons. The van der Waals surface area contributed by atoms with Crippen LogP contribution in [0.3, 0.4) is 0 Å². The molecule has 0 spiro atoms. The Kier molecular flexibility index (Phi) is 11.7. The zero-order chi connectivity index (χ0) is 9.78. The summed E-state index contributed by atoms with van der Waals surface area (Å²) in [7, 11) is 0. The molecule has 0 aliphatic carbocycles. The Morgan fingerprint density at radius 1 is 1.00 bits per heavy atom. The summed E-state index contributed by atoms with van der Waals surface area (Å²) >= 11 is 0. The van der Waals surface area contributed by atoms with Crippen molar-refractivity contribution >= 4 is 0 Å². The van der Waals surface area contributed by atoms with Gasteiger partial charge in [-0.2, -0.15) is 0 Å². The molecule has 0 amide bonds. The Bertz CT molecular complexity index is 81.7. The fraction of sp³-hybridized carbons (Fsp3) is 1.00. The molecule has 4 heteroatoms. The van der Waals surface area contributed by atoms with Crippen LogP contribution in [0.4, 0.5) is 0 Å². The average molecular weight is 190 g/mol. The lowest BCUT2D eigenvalue weighted by Crippen LogP contribution is -2.21. The molecular formula is C9H22N2O2. The summed E-state index contributed by atoms with van der Waals surface area (Å²) in [5.74, 6) is 0. The monoisotopic (exact) mass is 190 g/mol. The lowest BCUT2D eigenvalue weighted by Gasteiger charge is -2.05. The van der Waals surface area contributed by atoms with Gasteiger partial charge in [-0.1, -0.05) is 6.92 Å². The summed E-state index contributed by atoms with van der Waals surface area (Å²) in [6.45, 7) is 7.40. The van der Waals surface area contributed by atoms with Gasteiger partial charge in [-0.05, 0) is 13.0 Å². The maximum Gasteiger partial charge on any atom is 0.0701 e. The number of ether oxygens (including phenoxy) is 2. The van der Waals surface area contributed by atoms with Crippen LogP contribution in [-0.4, -0.2) is 46.1 Å². The maximum absolute atomic E-state index is 5.30. The van der Waals surface area contributed by atoms with Gasteiger partial charge in [0.05, 0.1) is 26.4 Å². The van der Waals surface area contributed by atoms with Gasteiger partial charge in [-0.15, -0.1) is 0 Å². The molecule has 13 heavy (non-hydrogen) atoms. The van der Waals surface area contributed by atoms with Crippen LogP contribution in [0.5, 0.6) is 0 Å². The molecule has 0 unspecified atom stereocenters. The summed E-state index contributed by atoms with van der Waals surface area (Å²) in [6.07, 6.45) is 1.17. The molecule has 0 rings (SSSR count). The molecule has 0 aromatic carbocycles. The van der Waals surface area contributed by atoms with Crippen LogP contribution < -0.4 is 11.1 Å². The minimum Gasteiger partial charge on any atom is -0.378 e. The molecule has 0 bridgehead atoms. The molecule has 0 atom stereocenters. The molecule has 0 aliphatic heterocycles. The van der Waals surface area contributed by atoms with E-state index in [9.17, 15) is 0 Å². The molecule has 0 fully saturated rings. The number of hydrogen-bond donors (Lipinski definition) is 2. The number of hydrogen-bond acceptors (Lipinski definition) is 4. The lowest BCUT2D eigenvalue weighted by atomic mass is 10.5. The largest absolute Gasteiger partial charge is 0.378 e. The van der Waals surface area contributed by atoms with Crippen LogP contribution >= 0.6 is 0 Å². The van der Waals surface area contributed by atoms with Gasteiger partial charge in [0, 0.05) is 13.1 Å². The van der Waals surface area contributed by atoms with Crippen LogP contribution in [-0.2, 0) is 9.47 Å². The van der Waals surface area contributed by atoms with E-state index in [0.29, 0.717) is 26.4 Å². The second kappa shape index (κ2) is 11.8. The van der Waals surface area contributed by atoms with Crippen molar-refractivity contribution in [1.29, 1.82) is 0 Å². The third-order valence-corrected chi connectivity index (χ3v) is 1.48. The second-order valence-electron chi connectivity index (χ2n) is 2.76. The van der Waals surface area contributed by atoms with Crippen molar-refractivity contribution in [3.05, 3.63) is 0 Å². The van der Waals surface area contributed by atoms with Gasteiger partial charge in [-0.3, -0.25) is 0 Å². The van der Waals surface area contributed by atoms with E-state index in [0.717, 1.165) is 19.7 Å². The molecule has 3 N–H and O–H groups in total. The van der Waals surface area contributed by atoms with Gasteiger partial charge in [0.2, 0.25) is 0 Å². The highest BCUT2D eigenvalue weighted by atomic mass is 16.5. The highest BCUT2D eigenvalue weighted by molar-refractivity contribution is 4.43. The Morgan fingerprint density at radius 2 is 1.69 bits per heavy atom. The van der Waals surface area contributed by atoms with Crippen molar-refractivity contribution in [3.63, 3.8) is 0 Å². The van der Waals surface area contributed by atoms with Crippen molar-refractivity contribution in [2.75, 3.05) is 46.1 Å². The second-order valence-corrected chi connectivity index (χ2v) is 2.76. The van der Waals surface area contributed by atoms with Crippen LogP contribution in [0.1, 0.15) is 13.3 Å². The highest BCUT2D eigenvalue weighted by Crippen LogP contribution is 1.77. The van der Waals surface area contributed by atoms with Gasteiger partial charge in [-0.25, -0.2) is 0 Å². The Labute approximate surface area is 80.8 Å². The summed E-state index contributed by atoms with van der Waals surface area (Å²) in [4.78, 5) is 0. The van der Waals surface area contributed by atoms with Crippen LogP contribution in [0.25, 0.3) is 0 Å². The topological polar surface area (TPSA) is 56.5 Å². The third-order valence-electron chi connectivity index (χ3n) is 1.48. The minimum absolute atomic E-state index is 0.581. The van der Waals surface area contributed by atoms with Crippen molar-refractivity contribution < 1.29 is 9.47 Å². The first kappa shape index (κ1) is 12.8. The first-order chi connectivity index (χ1) is 6.41. The van der Waals surface area contributed by atoms with E-state index in [2.05, 4.69) is 12.2 Å². The number of nitrogens with two attached hydrogens (primary N) is 1. The molecule has 0 aliphatic rings. The quantitative estimate of drug-likeness (QED) is 0.475. The zero-order valence-electron chi connectivity index (χ0n) is 8.55. The van der Waals surface area contributed by atoms with Crippen molar-refractivity contribution in [2.24, 2.45) is 5.73 Å². The average Bonchev–Trinajstić information content (AvgIpc) is 2.16. The number of rotatable bonds is 10. The predicted molar refractivity (Wildman–Crippen MR) is 53.9 cm³/mol.